The van der Waals surface area contributed by atoms with Crippen LogP contribution in [0.1, 0.15) is 15.9 Å². The lowest BCUT2D eigenvalue weighted by Gasteiger charge is -2.11. The van der Waals surface area contributed by atoms with Crippen LogP contribution in [0.2, 0.25) is 10.0 Å². The summed E-state index contributed by atoms with van der Waals surface area (Å²) in [5.41, 5.74) is 0.945. The molecule has 2 aromatic rings. The van der Waals surface area contributed by atoms with E-state index < -0.39 is 5.97 Å². The topological polar surface area (TPSA) is 55.8 Å². The molecule has 0 aliphatic heterocycles. The van der Waals surface area contributed by atoms with Crippen LogP contribution in [-0.2, 0) is 0 Å². The summed E-state index contributed by atoms with van der Waals surface area (Å²) in [6.07, 6.45) is 0. The van der Waals surface area contributed by atoms with Gasteiger partial charge in [0.05, 0.1) is 0 Å². The average molecular weight is 341 g/mol. The highest BCUT2D eigenvalue weighted by molar-refractivity contribution is 6.31. The summed E-state index contributed by atoms with van der Waals surface area (Å²) in [5.74, 6) is -0.153. The van der Waals surface area contributed by atoms with Gasteiger partial charge in [0, 0.05) is 10.0 Å². The van der Waals surface area contributed by atoms with Gasteiger partial charge in [0.25, 0.3) is 0 Å². The molecule has 2 aromatic carbocycles. The second-order valence-electron chi connectivity index (χ2n) is 4.55. The van der Waals surface area contributed by atoms with Crippen molar-refractivity contribution >= 4 is 29.2 Å². The molecule has 1 N–H and O–H groups in total. The van der Waals surface area contributed by atoms with Gasteiger partial charge in [-0.15, -0.1) is 0 Å². The summed E-state index contributed by atoms with van der Waals surface area (Å²) in [7, 11) is 0. The molecule has 0 aliphatic rings. The van der Waals surface area contributed by atoms with E-state index in [-0.39, 0.29) is 24.5 Å². The Kier molecular flexibility index (Phi) is 5.52. The molecule has 0 saturated heterocycles. The number of halogens is 2. The van der Waals surface area contributed by atoms with Crippen LogP contribution in [0.25, 0.3) is 0 Å². The van der Waals surface area contributed by atoms with Crippen LogP contribution in [0.15, 0.2) is 36.4 Å². The third kappa shape index (κ3) is 4.29. The molecule has 22 heavy (non-hydrogen) atoms. The van der Waals surface area contributed by atoms with Crippen LogP contribution in [0.5, 0.6) is 11.5 Å². The van der Waals surface area contributed by atoms with Crippen molar-refractivity contribution in [3.63, 3.8) is 0 Å². The number of hydrogen-bond acceptors (Lipinski definition) is 3. The largest absolute Gasteiger partial charge is 0.490 e. The molecule has 0 radical (unpaired) electrons. The van der Waals surface area contributed by atoms with Crippen LogP contribution < -0.4 is 9.47 Å². The number of ether oxygens (including phenoxy) is 2. The van der Waals surface area contributed by atoms with Crippen LogP contribution in [0.4, 0.5) is 0 Å². The van der Waals surface area contributed by atoms with E-state index in [0.717, 1.165) is 5.56 Å². The fourth-order valence-electron chi connectivity index (χ4n) is 1.81. The van der Waals surface area contributed by atoms with Crippen molar-refractivity contribution in [2.45, 2.75) is 6.92 Å². The second-order valence-corrected chi connectivity index (χ2v) is 5.40. The third-order valence-corrected chi connectivity index (χ3v) is 3.57. The molecular weight excluding hydrogens is 327 g/mol. The van der Waals surface area contributed by atoms with E-state index >= 15 is 0 Å². The molecule has 0 bridgehead atoms. The molecular formula is C16H14Cl2O4. The Morgan fingerprint density at radius 3 is 2.50 bits per heavy atom. The van der Waals surface area contributed by atoms with Gasteiger partial charge in [0.15, 0.2) is 0 Å². The minimum Gasteiger partial charge on any atom is -0.490 e. The summed E-state index contributed by atoms with van der Waals surface area (Å²) in [5, 5.41) is 10.1. The van der Waals surface area contributed by atoms with Gasteiger partial charge in [-0.3, -0.25) is 0 Å². The molecule has 0 amide bonds. The van der Waals surface area contributed by atoms with Crippen molar-refractivity contribution in [1.29, 1.82) is 0 Å². The molecule has 0 spiro atoms. The normalized spacial score (nSPS) is 10.3. The average Bonchev–Trinajstić information content (AvgIpc) is 2.48. The fraction of sp³-hybridized carbons (Fsp3) is 0.188. The van der Waals surface area contributed by atoms with E-state index in [1.54, 1.807) is 18.2 Å². The SMILES string of the molecule is Cc1cc(OCCOc2ccc(Cl)cc2C(=O)O)ccc1Cl. The van der Waals surface area contributed by atoms with Crippen molar-refractivity contribution in [2.75, 3.05) is 13.2 Å². The minimum absolute atomic E-state index is 0.0230. The smallest absolute Gasteiger partial charge is 0.339 e. The van der Waals surface area contributed by atoms with E-state index in [9.17, 15) is 4.79 Å². The molecule has 0 heterocycles. The molecule has 4 nitrogen and oxygen atoms in total. The zero-order chi connectivity index (χ0) is 16.1. The maximum atomic E-state index is 11.1. The Labute approximate surface area is 138 Å². The summed E-state index contributed by atoms with van der Waals surface area (Å²) in [4.78, 5) is 11.1. The monoisotopic (exact) mass is 340 g/mol. The molecule has 116 valence electrons. The summed E-state index contributed by atoms with van der Waals surface area (Å²) in [6, 6.07) is 9.80. The standard InChI is InChI=1S/C16H14Cl2O4/c1-10-8-12(3-4-14(10)18)21-6-7-22-15-5-2-11(17)9-13(15)16(19)20/h2-5,8-9H,6-7H2,1H3,(H,19,20). The highest BCUT2D eigenvalue weighted by Gasteiger charge is 2.12. The number of rotatable bonds is 6. The zero-order valence-electron chi connectivity index (χ0n) is 11.8. The Morgan fingerprint density at radius 2 is 1.82 bits per heavy atom. The van der Waals surface area contributed by atoms with Crippen LogP contribution in [-0.4, -0.2) is 24.3 Å². The fourth-order valence-corrected chi connectivity index (χ4v) is 2.10. The molecule has 6 heteroatoms. The third-order valence-electron chi connectivity index (χ3n) is 2.91. The number of carboxylic acids is 1. The van der Waals surface area contributed by atoms with Crippen LogP contribution >= 0.6 is 23.2 Å². The van der Waals surface area contributed by atoms with Gasteiger partial charge in [-0.2, -0.15) is 0 Å². The highest BCUT2D eigenvalue weighted by atomic mass is 35.5. The first-order valence-corrected chi connectivity index (χ1v) is 7.27. The number of aromatic carboxylic acids is 1. The van der Waals surface area contributed by atoms with Crippen LogP contribution in [0.3, 0.4) is 0 Å². The number of carbonyl (C=O) groups is 1. The molecule has 0 aromatic heterocycles. The molecule has 0 fully saturated rings. The van der Waals surface area contributed by atoms with Gasteiger partial charge in [0.1, 0.15) is 30.3 Å². The molecule has 0 unspecified atom stereocenters. The van der Waals surface area contributed by atoms with Crippen molar-refractivity contribution in [1.82, 2.24) is 0 Å². The first kappa shape index (κ1) is 16.5. The van der Waals surface area contributed by atoms with Gasteiger partial charge >= 0.3 is 5.97 Å². The number of benzene rings is 2. The Bertz CT molecular complexity index is 686. The van der Waals surface area contributed by atoms with Crippen molar-refractivity contribution in [3.05, 3.63) is 57.6 Å². The predicted octanol–water partition coefficient (Wildman–Crippen LogP) is 4.46. The first-order valence-electron chi connectivity index (χ1n) is 6.52. The Hall–Kier alpha value is -1.91. The molecule has 0 aliphatic carbocycles. The summed E-state index contributed by atoms with van der Waals surface area (Å²) >= 11 is 11.7. The van der Waals surface area contributed by atoms with E-state index in [0.29, 0.717) is 15.8 Å². The number of hydrogen-bond donors (Lipinski definition) is 1. The highest BCUT2D eigenvalue weighted by Crippen LogP contribution is 2.23. The van der Waals surface area contributed by atoms with E-state index in [1.807, 2.05) is 13.0 Å². The predicted molar refractivity (Wildman–Crippen MR) is 85.6 cm³/mol. The second kappa shape index (κ2) is 7.38. The number of aryl methyl sites for hydroxylation is 1. The maximum absolute atomic E-state index is 11.1. The van der Waals surface area contributed by atoms with E-state index in [1.165, 1.54) is 12.1 Å². The van der Waals surface area contributed by atoms with E-state index in [2.05, 4.69) is 0 Å². The van der Waals surface area contributed by atoms with Crippen molar-refractivity contribution in [3.8, 4) is 11.5 Å². The molecule has 0 atom stereocenters. The Balaban J connectivity index is 1.91. The lowest BCUT2D eigenvalue weighted by Crippen LogP contribution is -2.11. The van der Waals surface area contributed by atoms with Gasteiger partial charge in [0.2, 0.25) is 0 Å². The van der Waals surface area contributed by atoms with Gasteiger partial charge in [-0.25, -0.2) is 4.79 Å². The first-order chi connectivity index (χ1) is 10.5. The number of carboxylic acid groups (broad SMARTS) is 1. The quantitative estimate of drug-likeness (QED) is 0.789. The summed E-state index contributed by atoms with van der Waals surface area (Å²) < 4.78 is 11.0. The van der Waals surface area contributed by atoms with Gasteiger partial charge < -0.3 is 14.6 Å². The lowest BCUT2D eigenvalue weighted by atomic mass is 10.2. The molecule has 0 saturated carbocycles. The van der Waals surface area contributed by atoms with Crippen LogP contribution in [0, 0.1) is 6.92 Å². The van der Waals surface area contributed by atoms with E-state index in [4.69, 9.17) is 37.8 Å². The Morgan fingerprint density at radius 1 is 1.09 bits per heavy atom. The lowest BCUT2D eigenvalue weighted by molar-refractivity contribution is 0.0691. The maximum Gasteiger partial charge on any atom is 0.339 e. The van der Waals surface area contributed by atoms with Crippen molar-refractivity contribution < 1.29 is 19.4 Å². The zero-order valence-corrected chi connectivity index (χ0v) is 13.3. The van der Waals surface area contributed by atoms with Crippen molar-refractivity contribution in [2.24, 2.45) is 0 Å². The molecule has 2 rings (SSSR count). The minimum atomic E-state index is -1.09. The van der Waals surface area contributed by atoms with Gasteiger partial charge in [-0.05, 0) is 48.9 Å². The summed E-state index contributed by atoms with van der Waals surface area (Å²) in [6.45, 7) is 2.38. The van der Waals surface area contributed by atoms with Gasteiger partial charge in [-0.1, -0.05) is 23.2 Å².